The lowest BCUT2D eigenvalue weighted by Crippen LogP contribution is -2.45. The fourth-order valence-electron chi connectivity index (χ4n) is 3.88. The Morgan fingerprint density at radius 2 is 1.88 bits per heavy atom. The number of hydrogen-bond donors (Lipinski definition) is 2. The van der Waals surface area contributed by atoms with Gasteiger partial charge in [0.25, 0.3) is 0 Å². The SMILES string of the molecule is CN=C(NCCC1CC1)NC1CCN(C(=O)C2CCCCC2)C1.I. The molecule has 1 atom stereocenters. The number of nitrogens with one attached hydrogen (secondary N) is 2. The average molecular weight is 448 g/mol. The van der Waals surface area contributed by atoms with Gasteiger partial charge in [-0.05, 0) is 31.6 Å². The van der Waals surface area contributed by atoms with Crippen LogP contribution in [-0.2, 0) is 4.79 Å². The summed E-state index contributed by atoms with van der Waals surface area (Å²) in [6.07, 6.45) is 11.0. The molecule has 1 aliphatic heterocycles. The summed E-state index contributed by atoms with van der Waals surface area (Å²) >= 11 is 0. The van der Waals surface area contributed by atoms with Gasteiger partial charge in [-0.2, -0.15) is 0 Å². The lowest BCUT2D eigenvalue weighted by Gasteiger charge is -2.26. The third-order valence-corrected chi connectivity index (χ3v) is 5.56. The van der Waals surface area contributed by atoms with Crippen molar-refractivity contribution >= 4 is 35.8 Å². The first-order chi connectivity index (χ1) is 11.3. The molecule has 0 radical (unpaired) electrons. The predicted molar refractivity (Wildman–Crippen MR) is 109 cm³/mol. The molecule has 138 valence electrons. The van der Waals surface area contributed by atoms with E-state index in [1.54, 1.807) is 0 Å². The van der Waals surface area contributed by atoms with Gasteiger partial charge in [0, 0.05) is 38.6 Å². The van der Waals surface area contributed by atoms with E-state index in [-0.39, 0.29) is 24.0 Å². The van der Waals surface area contributed by atoms with Crippen LogP contribution >= 0.6 is 24.0 Å². The van der Waals surface area contributed by atoms with Crippen LogP contribution in [-0.4, -0.2) is 49.5 Å². The Morgan fingerprint density at radius 1 is 1.12 bits per heavy atom. The molecular formula is C18H33IN4O. The quantitative estimate of drug-likeness (QED) is 0.387. The van der Waals surface area contributed by atoms with E-state index in [1.165, 1.54) is 38.5 Å². The first-order valence-electron chi connectivity index (χ1n) is 9.52. The van der Waals surface area contributed by atoms with E-state index in [4.69, 9.17) is 0 Å². The normalized spacial score (nSPS) is 25.3. The minimum absolute atomic E-state index is 0. The molecule has 3 rings (SSSR count). The number of nitrogens with zero attached hydrogens (tertiary/aromatic N) is 2. The lowest BCUT2D eigenvalue weighted by atomic mass is 9.88. The van der Waals surface area contributed by atoms with Crippen molar-refractivity contribution in [1.29, 1.82) is 0 Å². The Labute approximate surface area is 163 Å². The van der Waals surface area contributed by atoms with E-state index in [1.807, 2.05) is 7.05 Å². The average Bonchev–Trinajstić information content (AvgIpc) is 3.30. The molecule has 2 aliphatic carbocycles. The van der Waals surface area contributed by atoms with Crippen LogP contribution in [0.5, 0.6) is 0 Å². The number of halogens is 1. The van der Waals surface area contributed by atoms with Crippen molar-refractivity contribution in [3.63, 3.8) is 0 Å². The van der Waals surface area contributed by atoms with E-state index in [0.717, 1.165) is 50.8 Å². The van der Waals surface area contributed by atoms with Crippen LogP contribution in [0, 0.1) is 11.8 Å². The highest BCUT2D eigenvalue weighted by Crippen LogP contribution is 2.31. The number of rotatable bonds is 5. The Morgan fingerprint density at radius 3 is 2.54 bits per heavy atom. The molecule has 0 aromatic heterocycles. The Kier molecular flexibility index (Phi) is 8.10. The third kappa shape index (κ3) is 5.77. The number of amides is 1. The molecule has 3 fully saturated rings. The van der Waals surface area contributed by atoms with Gasteiger partial charge in [-0.15, -0.1) is 24.0 Å². The molecule has 0 bridgehead atoms. The van der Waals surface area contributed by atoms with Gasteiger partial charge < -0.3 is 15.5 Å². The van der Waals surface area contributed by atoms with Crippen molar-refractivity contribution in [3.8, 4) is 0 Å². The molecule has 1 heterocycles. The van der Waals surface area contributed by atoms with Gasteiger partial charge in [-0.25, -0.2) is 0 Å². The smallest absolute Gasteiger partial charge is 0.225 e. The molecular weight excluding hydrogens is 415 g/mol. The molecule has 5 nitrogen and oxygen atoms in total. The third-order valence-electron chi connectivity index (χ3n) is 5.56. The summed E-state index contributed by atoms with van der Waals surface area (Å²) in [6, 6.07) is 0.342. The first-order valence-corrected chi connectivity index (χ1v) is 9.52. The second-order valence-corrected chi connectivity index (χ2v) is 7.48. The second kappa shape index (κ2) is 9.82. The Balaban J connectivity index is 0.00000208. The van der Waals surface area contributed by atoms with Crippen molar-refractivity contribution in [2.24, 2.45) is 16.8 Å². The number of carbonyl (C=O) groups is 1. The molecule has 2 saturated carbocycles. The van der Waals surface area contributed by atoms with Crippen LogP contribution < -0.4 is 10.6 Å². The summed E-state index contributed by atoms with van der Waals surface area (Å²) in [7, 11) is 1.83. The molecule has 1 amide bonds. The second-order valence-electron chi connectivity index (χ2n) is 7.48. The highest BCUT2D eigenvalue weighted by molar-refractivity contribution is 14.0. The fraction of sp³-hybridized carbons (Fsp3) is 0.889. The zero-order chi connectivity index (χ0) is 16.1. The van der Waals surface area contributed by atoms with E-state index in [0.29, 0.717) is 17.9 Å². The van der Waals surface area contributed by atoms with Crippen LogP contribution in [0.2, 0.25) is 0 Å². The molecule has 0 aromatic rings. The monoisotopic (exact) mass is 448 g/mol. The molecule has 2 N–H and O–H groups in total. The maximum Gasteiger partial charge on any atom is 0.225 e. The highest BCUT2D eigenvalue weighted by atomic mass is 127. The Bertz CT molecular complexity index is 433. The summed E-state index contributed by atoms with van der Waals surface area (Å²) < 4.78 is 0. The minimum Gasteiger partial charge on any atom is -0.356 e. The largest absolute Gasteiger partial charge is 0.356 e. The topological polar surface area (TPSA) is 56.7 Å². The summed E-state index contributed by atoms with van der Waals surface area (Å²) in [5, 5.41) is 6.90. The van der Waals surface area contributed by atoms with Gasteiger partial charge in [0.15, 0.2) is 5.96 Å². The number of carbonyl (C=O) groups excluding carboxylic acids is 1. The van der Waals surface area contributed by atoms with Gasteiger partial charge in [-0.3, -0.25) is 9.79 Å². The van der Waals surface area contributed by atoms with Crippen molar-refractivity contribution in [2.75, 3.05) is 26.7 Å². The van der Waals surface area contributed by atoms with Crippen molar-refractivity contribution < 1.29 is 4.79 Å². The van der Waals surface area contributed by atoms with E-state index in [9.17, 15) is 4.79 Å². The van der Waals surface area contributed by atoms with Crippen LogP contribution in [0.1, 0.15) is 57.8 Å². The van der Waals surface area contributed by atoms with Crippen molar-refractivity contribution in [1.82, 2.24) is 15.5 Å². The number of hydrogen-bond acceptors (Lipinski definition) is 2. The van der Waals surface area contributed by atoms with Gasteiger partial charge >= 0.3 is 0 Å². The van der Waals surface area contributed by atoms with Crippen LogP contribution in [0.3, 0.4) is 0 Å². The highest BCUT2D eigenvalue weighted by Gasteiger charge is 2.31. The summed E-state index contributed by atoms with van der Waals surface area (Å²) in [6.45, 7) is 2.73. The summed E-state index contributed by atoms with van der Waals surface area (Å²) in [4.78, 5) is 19.0. The summed E-state index contributed by atoms with van der Waals surface area (Å²) in [5.41, 5.74) is 0. The molecule has 24 heavy (non-hydrogen) atoms. The molecule has 3 aliphatic rings. The van der Waals surface area contributed by atoms with Crippen molar-refractivity contribution in [2.45, 2.75) is 63.8 Å². The molecule has 1 unspecified atom stereocenters. The fourth-order valence-corrected chi connectivity index (χ4v) is 3.88. The molecule has 1 saturated heterocycles. The first kappa shape index (κ1) is 19.8. The maximum absolute atomic E-state index is 12.6. The zero-order valence-electron chi connectivity index (χ0n) is 14.9. The van der Waals surface area contributed by atoms with Crippen LogP contribution in [0.4, 0.5) is 0 Å². The van der Waals surface area contributed by atoms with Gasteiger partial charge in [-0.1, -0.05) is 32.1 Å². The van der Waals surface area contributed by atoms with E-state index in [2.05, 4.69) is 20.5 Å². The number of guanidine groups is 1. The minimum atomic E-state index is 0. The predicted octanol–water partition coefficient (Wildman–Crippen LogP) is 2.75. The summed E-state index contributed by atoms with van der Waals surface area (Å²) in [5.74, 6) is 2.52. The van der Waals surface area contributed by atoms with E-state index >= 15 is 0 Å². The number of likely N-dealkylation sites (tertiary alicyclic amines) is 1. The maximum atomic E-state index is 12.6. The van der Waals surface area contributed by atoms with E-state index < -0.39 is 0 Å². The molecule has 6 heteroatoms. The van der Waals surface area contributed by atoms with Crippen molar-refractivity contribution in [3.05, 3.63) is 0 Å². The standard InChI is InChI=1S/C18H32N4O.HI/c1-19-18(20-11-9-14-7-8-14)21-16-10-12-22(13-16)17(23)15-5-3-2-4-6-15;/h14-16H,2-13H2,1H3,(H2,19,20,21);1H. The van der Waals surface area contributed by atoms with Gasteiger partial charge in [0.05, 0.1) is 0 Å². The zero-order valence-corrected chi connectivity index (χ0v) is 17.3. The Hall–Kier alpha value is -0.530. The number of aliphatic imine (C=N–C) groups is 1. The van der Waals surface area contributed by atoms with Crippen LogP contribution in [0.25, 0.3) is 0 Å². The lowest BCUT2D eigenvalue weighted by molar-refractivity contribution is -0.135. The van der Waals surface area contributed by atoms with Gasteiger partial charge in [0.2, 0.25) is 5.91 Å². The molecule has 0 spiro atoms. The molecule has 0 aromatic carbocycles. The van der Waals surface area contributed by atoms with Crippen LogP contribution in [0.15, 0.2) is 4.99 Å². The van der Waals surface area contributed by atoms with Gasteiger partial charge in [0.1, 0.15) is 0 Å².